The molecular formula is C16H15ClFNO4S. The van der Waals surface area contributed by atoms with E-state index in [9.17, 15) is 17.6 Å². The van der Waals surface area contributed by atoms with Crippen LogP contribution >= 0.6 is 11.6 Å². The molecule has 2 aromatic rings. The first-order chi connectivity index (χ1) is 11.4. The first-order valence-electron chi connectivity index (χ1n) is 7.04. The highest BCUT2D eigenvalue weighted by molar-refractivity contribution is 7.92. The van der Waals surface area contributed by atoms with Crippen molar-refractivity contribution in [1.82, 2.24) is 0 Å². The Balaban J connectivity index is 2.50. The molecule has 0 aliphatic rings. The first-order valence-corrected chi connectivity index (χ1v) is 8.86. The molecule has 2 aromatic carbocycles. The Morgan fingerprint density at radius 1 is 1.21 bits per heavy atom. The number of hydrogen-bond donors (Lipinski definition) is 0. The molecule has 0 radical (unpaired) electrons. The maximum absolute atomic E-state index is 13.4. The summed E-state index contributed by atoms with van der Waals surface area (Å²) in [5, 5.41) is -0.246. The van der Waals surface area contributed by atoms with Gasteiger partial charge in [-0.05, 0) is 37.3 Å². The molecule has 128 valence electrons. The topological polar surface area (TPSA) is 63.7 Å². The van der Waals surface area contributed by atoms with E-state index in [0.29, 0.717) is 0 Å². The lowest BCUT2D eigenvalue weighted by atomic mass is 10.3. The molecule has 24 heavy (non-hydrogen) atoms. The quantitative estimate of drug-likeness (QED) is 0.731. The van der Waals surface area contributed by atoms with Gasteiger partial charge in [-0.3, -0.25) is 9.10 Å². The summed E-state index contributed by atoms with van der Waals surface area (Å²) < 4.78 is 44.7. The second-order valence-electron chi connectivity index (χ2n) is 4.73. The van der Waals surface area contributed by atoms with Crippen LogP contribution in [0.1, 0.15) is 6.92 Å². The highest BCUT2D eigenvalue weighted by Crippen LogP contribution is 2.27. The molecule has 0 bridgehead atoms. The number of anilines is 1. The van der Waals surface area contributed by atoms with E-state index in [1.54, 1.807) is 25.1 Å². The number of nitrogens with zero attached hydrogens (tertiary/aromatic N) is 1. The average Bonchev–Trinajstić information content (AvgIpc) is 2.56. The van der Waals surface area contributed by atoms with Crippen LogP contribution in [-0.2, 0) is 19.6 Å². The molecule has 0 atom stereocenters. The molecule has 0 aromatic heterocycles. The molecule has 2 rings (SSSR count). The molecule has 0 N–H and O–H groups in total. The van der Waals surface area contributed by atoms with Gasteiger partial charge in [0, 0.05) is 0 Å². The Hall–Kier alpha value is -2.12. The SMILES string of the molecule is CCOC(=O)CN(c1ccc(F)c(Cl)c1)S(=O)(=O)c1ccccc1. The van der Waals surface area contributed by atoms with Crippen molar-refractivity contribution in [2.75, 3.05) is 17.5 Å². The lowest BCUT2D eigenvalue weighted by molar-refractivity contribution is -0.141. The summed E-state index contributed by atoms with van der Waals surface area (Å²) >= 11 is 5.74. The van der Waals surface area contributed by atoms with Crippen molar-refractivity contribution in [2.24, 2.45) is 0 Å². The summed E-state index contributed by atoms with van der Waals surface area (Å²) in [5.74, 6) is -1.41. The Morgan fingerprint density at radius 2 is 1.88 bits per heavy atom. The minimum Gasteiger partial charge on any atom is -0.465 e. The second kappa shape index (κ2) is 7.63. The van der Waals surface area contributed by atoms with Crippen molar-refractivity contribution in [1.29, 1.82) is 0 Å². The second-order valence-corrected chi connectivity index (χ2v) is 7.00. The van der Waals surface area contributed by atoms with E-state index >= 15 is 0 Å². The minimum absolute atomic E-state index is 0.00486. The highest BCUT2D eigenvalue weighted by atomic mass is 35.5. The number of carbonyl (C=O) groups is 1. The van der Waals surface area contributed by atoms with Crippen LogP contribution < -0.4 is 4.31 Å². The van der Waals surface area contributed by atoms with E-state index in [1.165, 1.54) is 18.2 Å². The maximum Gasteiger partial charge on any atom is 0.326 e. The van der Waals surface area contributed by atoms with E-state index in [-0.39, 0.29) is 22.2 Å². The summed E-state index contributed by atoms with van der Waals surface area (Å²) in [7, 11) is -4.05. The smallest absolute Gasteiger partial charge is 0.326 e. The average molecular weight is 372 g/mol. The van der Waals surface area contributed by atoms with Crippen LogP contribution in [0.25, 0.3) is 0 Å². The number of halogens is 2. The number of hydrogen-bond acceptors (Lipinski definition) is 4. The molecule has 8 heteroatoms. The largest absolute Gasteiger partial charge is 0.465 e. The molecule has 0 heterocycles. The predicted octanol–water partition coefficient (Wildman–Crippen LogP) is 3.24. The number of esters is 1. The Morgan fingerprint density at radius 3 is 2.46 bits per heavy atom. The lowest BCUT2D eigenvalue weighted by Gasteiger charge is -2.23. The van der Waals surface area contributed by atoms with Crippen LogP contribution in [0.5, 0.6) is 0 Å². The van der Waals surface area contributed by atoms with Crippen LogP contribution in [0.15, 0.2) is 53.4 Å². The summed E-state index contributed by atoms with van der Waals surface area (Å²) in [6.45, 7) is 1.18. The molecule has 0 amide bonds. The zero-order chi connectivity index (χ0) is 17.7. The van der Waals surface area contributed by atoms with Crippen LogP contribution in [0.4, 0.5) is 10.1 Å². The molecule has 0 saturated carbocycles. The number of carbonyl (C=O) groups excluding carboxylic acids is 1. The Labute approximate surface area is 144 Å². The fourth-order valence-electron chi connectivity index (χ4n) is 2.00. The molecule has 0 saturated heterocycles. The molecule has 0 aliphatic carbocycles. The van der Waals surface area contributed by atoms with Crippen molar-refractivity contribution >= 4 is 33.3 Å². The van der Waals surface area contributed by atoms with Gasteiger partial charge in [0.2, 0.25) is 0 Å². The summed E-state index contributed by atoms with van der Waals surface area (Å²) in [6.07, 6.45) is 0. The van der Waals surface area contributed by atoms with Gasteiger partial charge in [-0.2, -0.15) is 0 Å². The van der Waals surface area contributed by atoms with Gasteiger partial charge in [0.1, 0.15) is 12.4 Å². The summed E-state index contributed by atoms with van der Waals surface area (Å²) in [5.41, 5.74) is 0.0679. The van der Waals surface area contributed by atoms with Crippen molar-refractivity contribution in [3.8, 4) is 0 Å². The van der Waals surface area contributed by atoms with Gasteiger partial charge in [0.15, 0.2) is 0 Å². The fraction of sp³-hybridized carbons (Fsp3) is 0.188. The normalized spacial score (nSPS) is 11.1. The van der Waals surface area contributed by atoms with Crippen LogP contribution in [0.3, 0.4) is 0 Å². The third-order valence-electron chi connectivity index (χ3n) is 3.10. The maximum atomic E-state index is 13.4. The van der Waals surface area contributed by atoms with E-state index in [1.807, 2.05) is 0 Å². The van der Waals surface area contributed by atoms with Gasteiger partial charge < -0.3 is 4.74 Å². The highest BCUT2D eigenvalue weighted by Gasteiger charge is 2.28. The van der Waals surface area contributed by atoms with Gasteiger partial charge in [-0.1, -0.05) is 29.8 Å². The van der Waals surface area contributed by atoms with Crippen molar-refractivity contribution in [3.05, 3.63) is 59.4 Å². The Kier molecular flexibility index (Phi) is 5.80. The zero-order valence-corrected chi connectivity index (χ0v) is 14.3. The first kappa shape index (κ1) is 18.2. The predicted molar refractivity (Wildman–Crippen MR) is 89.0 cm³/mol. The number of sulfonamides is 1. The van der Waals surface area contributed by atoms with Crippen molar-refractivity contribution in [2.45, 2.75) is 11.8 Å². The van der Waals surface area contributed by atoms with Crippen LogP contribution in [0, 0.1) is 5.82 Å². The van der Waals surface area contributed by atoms with Gasteiger partial charge in [0.25, 0.3) is 10.0 Å². The van der Waals surface area contributed by atoms with Crippen molar-refractivity contribution < 1.29 is 22.3 Å². The zero-order valence-electron chi connectivity index (χ0n) is 12.8. The van der Waals surface area contributed by atoms with E-state index in [0.717, 1.165) is 16.4 Å². The lowest BCUT2D eigenvalue weighted by Crippen LogP contribution is -2.36. The molecule has 0 aliphatic heterocycles. The van der Waals surface area contributed by atoms with E-state index in [2.05, 4.69) is 0 Å². The molecule has 5 nitrogen and oxygen atoms in total. The van der Waals surface area contributed by atoms with E-state index < -0.39 is 28.4 Å². The molecular weight excluding hydrogens is 357 g/mol. The number of ether oxygens (including phenoxy) is 1. The molecule has 0 fully saturated rings. The van der Waals surface area contributed by atoms with Crippen LogP contribution in [0.2, 0.25) is 5.02 Å². The summed E-state index contributed by atoms with van der Waals surface area (Å²) in [4.78, 5) is 11.8. The number of rotatable bonds is 6. The van der Waals surface area contributed by atoms with Crippen LogP contribution in [-0.4, -0.2) is 27.5 Å². The van der Waals surface area contributed by atoms with Gasteiger partial charge in [0.05, 0.1) is 22.2 Å². The summed E-state index contributed by atoms with van der Waals surface area (Å²) in [6, 6.07) is 11.0. The van der Waals surface area contributed by atoms with E-state index in [4.69, 9.17) is 16.3 Å². The third-order valence-corrected chi connectivity index (χ3v) is 5.18. The number of benzene rings is 2. The molecule has 0 unspecified atom stereocenters. The van der Waals surface area contributed by atoms with Gasteiger partial charge in [-0.15, -0.1) is 0 Å². The fourth-order valence-corrected chi connectivity index (χ4v) is 3.60. The van der Waals surface area contributed by atoms with Gasteiger partial charge >= 0.3 is 5.97 Å². The standard InChI is InChI=1S/C16H15ClFNO4S/c1-2-23-16(20)11-19(12-8-9-15(18)14(17)10-12)24(21,22)13-6-4-3-5-7-13/h3-10H,2,11H2,1H3. The van der Waals surface area contributed by atoms with Crippen molar-refractivity contribution in [3.63, 3.8) is 0 Å². The third kappa shape index (κ3) is 4.04. The minimum atomic E-state index is -4.05. The molecule has 0 spiro atoms. The van der Waals surface area contributed by atoms with Gasteiger partial charge in [-0.25, -0.2) is 12.8 Å². The Bertz CT molecular complexity index is 827. The monoisotopic (exact) mass is 371 g/mol.